The van der Waals surface area contributed by atoms with Crippen molar-refractivity contribution in [3.8, 4) is 0 Å². The van der Waals surface area contributed by atoms with Gasteiger partial charge in [0.1, 0.15) is 19.3 Å². The Balaban J connectivity index is 2.11. The van der Waals surface area contributed by atoms with Gasteiger partial charge < -0.3 is 36.3 Å². The lowest BCUT2D eigenvalue weighted by molar-refractivity contribution is -0.137. The zero-order valence-electron chi connectivity index (χ0n) is 17.4. The number of carbonyl (C=O) groups excluding carboxylic acids is 6. The molecule has 0 saturated heterocycles. The Hall–Kier alpha value is -3.68. The molecule has 0 unspecified atom stereocenters. The van der Waals surface area contributed by atoms with E-state index < -0.39 is 30.1 Å². The molecule has 0 saturated carbocycles. The van der Waals surface area contributed by atoms with E-state index in [1.807, 2.05) is 0 Å². The van der Waals surface area contributed by atoms with Crippen LogP contribution in [0.3, 0.4) is 0 Å². The largest absolute Gasteiger partial charge is 0.447 e. The maximum atomic E-state index is 11.8. The fraction of sp³-hybridized carbons (Fsp3) is 0.556. The first-order chi connectivity index (χ1) is 15.2. The smallest absolute Gasteiger partial charge is 0.404 e. The molecule has 1 heterocycles. The highest BCUT2D eigenvalue weighted by Crippen LogP contribution is 2.04. The molecular formula is C18H27N5O9. The first-order valence-electron chi connectivity index (χ1n) is 9.72. The van der Waals surface area contributed by atoms with Crippen molar-refractivity contribution >= 4 is 35.8 Å². The van der Waals surface area contributed by atoms with Crippen molar-refractivity contribution in [3.05, 3.63) is 12.2 Å². The number of hydrogen-bond donors (Lipinski definition) is 4. The summed E-state index contributed by atoms with van der Waals surface area (Å²) in [5.74, 6) is -1.54. The molecule has 0 spiro atoms. The van der Waals surface area contributed by atoms with Gasteiger partial charge in [-0.05, 0) is 6.42 Å². The minimum absolute atomic E-state index is 0.0151. The van der Waals surface area contributed by atoms with Crippen LogP contribution in [0.2, 0.25) is 0 Å². The zero-order chi connectivity index (χ0) is 23.9. The van der Waals surface area contributed by atoms with E-state index in [0.29, 0.717) is 6.42 Å². The monoisotopic (exact) mass is 457 g/mol. The quantitative estimate of drug-likeness (QED) is 0.156. The molecule has 1 aliphatic heterocycles. The molecular weight excluding hydrogens is 430 g/mol. The van der Waals surface area contributed by atoms with Crippen LogP contribution in [0.1, 0.15) is 19.3 Å². The summed E-state index contributed by atoms with van der Waals surface area (Å²) >= 11 is 0. The van der Waals surface area contributed by atoms with Crippen LogP contribution in [0.25, 0.3) is 0 Å². The number of primary amides is 2. The van der Waals surface area contributed by atoms with Crippen LogP contribution < -0.4 is 22.1 Å². The van der Waals surface area contributed by atoms with Crippen molar-refractivity contribution in [2.45, 2.75) is 25.4 Å². The van der Waals surface area contributed by atoms with Crippen LogP contribution in [-0.4, -0.2) is 86.3 Å². The van der Waals surface area contributed by atoms with Crippen LogP contribution in [-0.2, 0) is 33.4 Å². The second-order valence-electron chi connectivity index (χ2n) is 6.47. The van der Waals surface area contributed by atoms with E-state index in [9.17, 15) is 28.8 Å². The average Bonchev–Trinajstić information content (AvgIpc) is 3.05. The molecule has 0 aromatic heterocycles. The summed E-state index contributed by atoms with van der Waals surface area (Å²) in [7, 11) is 0. The van der Waals surface area contributed by atoms with E-state index in [1.165, 1.54) is 0 Å². The van der Waals surface area contributed by atoms with Gasteiger partial charge in [0, 0.05) is 51.2 Å². The maximum Gasteiger partial charge on any atom is 0.404 e. The first-order valence-corrected chi connectivity index (χ1v) is 9.72. The Morgan fingerprint density at radius 2 is 1.38 bits per heavy atom. The van der Waals surface area contributed by atoms with E-state index in [0.717, 1.165) is 17.1 Å². The summed E-state index contributed by atoms with van der Waals surface area (Å²) in [4.78, 5) is 68.6. The zero-order valence-corrected chi connectivity index (χ0v) is 17.4. The van der Waals surface area contributed by atoms with Crippen LogP contribution in [0.5, 0.6) is 0 Å². The molecule has 0 aromatic rings. The summed E-state index contributed by atoms with van der Waals surface area (Å²) in [5, 5.41) is 5.18. The van der Waals surface area contributed by atoms with E-state index in [2.05, 4.69) is 20.1 Å². The number of ether oxygens (including phenoxy) is 3. The van der Waals surface area contributed by atoms with E-state index in [1.54, 1.807) is 0 Å². The Kier molecular flexibility index (Phi) is 11.8. The molecule has 0 aliphatic carbocycles. The van der Waals surface area contributed by atoms with Gasteiger partial charge in [0.2, 0.25) is 11.8 Å². The number of hydrogen-bond acceptors (Lipinski definition) is 9. The van der Waals surface area contributed by atoms with Gasteiger partial charge in [0.25, 0.3) is 11.8 Å². The summed E-state index contributed by atoms with van der Waals surface area (Å²) < 4.78 is 14.5. The van der Waals surface area contributed by atoms with Crippen LogP contribution in [0.4, 0.5) is 9.59 Å². The third kappa shape index (κ3) is 11.5. The molecule has 32 heavy (non-hydrogen) atoms. The summed E-state index contributed by atoms with van der Waals surface area (Å²) in [5.41, 5.74) is 9.73. The number of amides is 6. The molecule has 14 nitrogen and oxygen atoms in total. The third-order valence-electron chi connectivity index (χ3n) is 3.96. The molecule has 0 bridgehead atoms. The predicted molar refractivity (Wildman–Crippen MR) is 107 cm³/mol. The number of nitrogens with one attached hydrogen (secondary N) is 2. The normalized spacial score (nSPS) is 12.7. The van der Waals surface area contributed by atoms with Crippen molar-refractivity contribution in [1.29, 1.82) is 0 Å². The van der Waals surface area contributed by atoms with Crippen LogP contribution in [0.15, 0.2) is 12.2 Å². The van der Waals surface area contributed by atoms with Crippen molar-refractivity contribution in [2.24, 2.45) is 11.5 Å². The summed E-state index contributed by atoms with van der Waals surface area (Å²) in [6.45, 7) is -0.0226. The van der Waals surface area contributed by atoms with Gasteiger partial charge in [-0.3, -0.25) is 24.1 Å². The Morgan fingerprint density at radius 3 is 1.88 bits per heavy atom. The van der Waals surface area contributed by atoms with Gasteiger partial charge in [0.15, 0.2) is 0 Å². The molecule has 6 N–H and O–H groups in total. The fourth-order valence-corrected chi connectivity index (χ4v) is 2.42. The third-order valence-corrected chi connectivity index (χ3v) is 3.96. The van der Waals surface area contributed by atoms with E-state index >= 15 is 0 Å². The Bertz CT molecular complexity index is 704. The fourth-order valence-electron chi connectivity index (χ4n) is 2.42. The number of nitrogens with two attached hydrogens (primary N) is 2. The number of nitrogens with zero attached hydrogens (tertiary/aromatic N) is 1. The lowest BCUT2D eigenvalue weighted by Crippen LogP contribution is -2.37. The van der Waals surface area contributed by atoms with E-state index in [-0.39, 0.29) is 64.1 Å². The predicted octanol–water partition coefficient (Wildman–Crippen LogP) is -2.11. The summed E-state index contributed by atoms with van der Waals surface area (Å²) in [6.07, 6.45) is -0.109. The Labute approximate surface area is 183 Å². The molecule has 178 valence electrons. The molecule has 0 atom stereocenters. The summed E-state index contributed by atoms with van der Waals surface area (Å²) in [6, 6.07) is 0. The molecule has 14 heteroatoms. The first kappa shape index (κ1) is 26.4. The molecule has 1 aliphatic rings. The number of carbonyl (C=O) groups is 6. The van der Waals surface area contributed by atoms with Crippen molar-refractivity contribution in [3.63, 3.8) is 0 Å². The van der Waals surface area contributed by atoms with Gasteiger partial charge in [-0.15, -0.1) is 0 Å². The van der Waals surface area contributed by atoms with Gasteiger partial charge in [-0.25, -0.2) is 9.59 Å². The van der Waals surface area contributed by atoms with E-state index in [4.69, 9.17) is 16.2 Å². The van der Waals surface area contributed by atoms with Gasteiger partial charge in [-0.1, -0.05) is 0 Å². The van der Waals surface area contributed by atoms with Crippen LogP contribution >= 0.6 is 0 Å². The lowest BCUT2D eigenvalue weighted by atomic mass is 10.3. The maximum absolute atomic E-state index is 11.8. The van der Waals surface area contributed by atoms with Crippen molar-refractivity contribution < 1.29 is 43.0 Å². The highest BCUT2D eigenvalue weighted by molar-refractivity contribution is 6.13. The average molecular weight is 457 g/mol. The minimum atomic E-state index is -1.01. The van der Waals surface area contributed by atoms with Gasteiger partial charge >= 0.3 is 12.2 Å². The van der Waals surface area contributed by atoms with Gasteiger partial charge in [0.05, 0.1) is 0 Å². The Morgan fingerprint density at radius 1 is 0.875 bits per heavy atom. The standard InChI is InChI=1S/C18H27N5O9/c19-17(28)31-10-12(11-32-18(20)29)30-9-1-2-13(24)21-6-7-22-14(25)5-8-23-15(26)3-4-16(23)27/h3-4,12H,1-2,5-11H2,(H2,19,28)(H2,20,29)(H,21,24)(H,22,25). The van der Waals surface area contributed by atoms with Gasteiger partial charge in [-0.2, -0.15) is 0 Å². The minimum Gasteiger partial charge on any atom is -0.447 e. The van der Waals surface area contributed by atoms with Crippen molar-refractivity contribution in [1.82, 2.24) is 15.5 Å². The second-order valence-corrected chi connectivity index (χ2v) is 6.47. The molecule has 1 rings (SSSR count). The highest BCUT2D eigenvalue weighted by Gasteiger charge is 2.23. The number of rotatable bonds is 15. The highest BCUT2D eigenvalue weighted by atomic mass is 16.6. The molecule has 0 radical (unpaired) electrons. The van der Waals surface area contributed by atoms with Crippen LogP contribution in [0, 0.1) is 0 Å². The van der Waals surface area contributed by atoms with Crippen molar-refractivity contribution in [2.75, 3.05) is 39.5 Å². The SMILES string of the molecule is NC(=O)OCC(COC(N)=O)OCCCC(=O)NCCNC(=O)CCN1C(=O)C=CC1=O. The lowest BCUT2D eigenvalue weighted by Gasteiger charge is -2.16. The number of imide groups is 1. The molecule has 0 aromatic carbocycles. The second kappa shape index (κ2) is 14.3. The topological polar surface area (TPSA) is 209 Å². The molecule has 6 amide bonds. The molecule has 0 fully saturated rings.